The molecule has 1 heteroatoms. The van der Waals surface area contributed by atoms with E-state index in [4.69, 9.17) is 4.42 Å². The van der Waals surface area contributed by atoms with Crippen molar-refractivity contribution in [2.24, 2.45) is 5.92 Å². The molecule has 1 saturated carbocycles. The van der Waals surface area contributed by atoms with Gasteiger partial charge in [-0.2, -0.15) is 0 Å². The van der Waals surface area contributed by atoms with Crippen molar-refractivity contribution in [1.82, 2.24) is 0 Å². The van der Waals surface area contributed by atoms with E-state index in [1.165, 1.54) is 37.2 Å². The Morgan fingerprint density at radius 3 is 2.65 bits per heavy atom. The van der Waals surface area contributed by atoms with Crippen LogP contribution in [0.5, 0.6) is 0 Å². The molecule has 0 radical (unpaired) electrons. The second-order valence-electron chi connectivity index (χ2n) is 6.85. The van der Waals surface area contributed by atoms with Gasteiger partial charge in [0.2, 0.25) is 0 Å². The molecule has 2 aliphatic carbocycles. The second-order valence-corrected chi connectivity index (χ2v) is 6.85. The molecule has 1 fully saturated rings. The topological polar surface area (TPSA) is 13.1 Å². The molecule has 0 aromatic carbocycles. The largest absolute Gasteiger partial charge is 0.465 e. The van der Waals surface area contributed by atoms with Crippen molar-refractivity contribution in [3.8, 4) is 0 Å². The molecule has 0 bridgehead atoms. The van der Waals surface area contributed by atoms with Gasteiger partial charge in [-0.25, -0.2) is 0 Å². The lowest BCUT2D eigenvalue weighted by atomic mass is 9.85. The lowest BCUT2D eigenvalue weighted by Crippen LogP contribution is -2.14. The Bertz CT molecular complexity index is 433. The summed E-state index contributed by atoms with van der Waals surface area (Å²) < 4.78 is 6.21. The van der Waals surface area contributed by atoms with Crippen LogP contribution in [0.3, 0.4) is 0 Å². The van der Waals surface area contributed by atoms with Crippen LogP contribution < -0.4 is 0 Å². The van der Waals surface area contributed by atoms with Crippen LogP contribution in [0.25, 0.3) is 0 Å². The minimum atomic E-state index is 0.162. The van der Waals surface area contributed by atoms with E-state index >= 15 is 0 Å². The Kier molecular flexibility index (Phi) is 2.43. The summed E-state index contributed by atoms with van der Waals surface area (Å²) in [6, 6.07) is 0. The van der Waals surface area contributed by atoms with E-state index in [0.717, 1.165) is 18.3 Å². The van der Waals surface area contributed by atoms with Gasteiger partial charge in [-0.05, 0) is 36.7 Å². The molecular weight excluding hydrogens is 208 g/mol. The number of hydrogen-bond donors (Lipinski definition) is 0. The van der Waals surface area contributed by atoms with E-state index in [1.807, 2.05) is 0 Å². The summed E-state index contributed by atoms with van der Waals surface area (Å²) in [5, 5.41) is 0. The maximum absolute atomic E-state index is 6.21. The first kappa shape index (κ1) is 11.4. The summed E-state index contributed by atoms with van der Waals surface area (Å²) in [5.41, 5.74) is 3.37. The fourth-order valence-corrected chi connectivity index (χ4v) is 3.91. The Morgan fingerprint density at radius 1 is 1.24 bits per heavy atom. The monoisotopic (exact) mass is 232 g/mol. The number of furan rings is 1. The van der Waals surface area contributed by atoms with Crippen molar-refractivity contribution in [1.29, 1.82) is 0 Å². The van der Waals surface area contributed by atoms with Crippen LogP contribution in [0, 0.1) is 5.92 Å². The van der Waals surface area contributed by atoms with Gasteiger partial charge in [-0.15, -0.1) is 0 Å². The van der Waals surface area contributed by atoms with Gasteiger partial charge in [0.05, 0.1) is 0 Å². The number of fused-ring (bicyclic) bond motifs is 3. The molecule has 0 N–H and O–H groups in total. The first-order valence-electron chi connectivity index (χ1n) is 7.17. The molecule has 94 valence electrons. The molecule has 2 atom stereocenters. The average molecular weight is 232 g/mol. The normalized spacial score (nSPS) is 27.3. The van der Waals surface area contributed by atoms with Crippen LogP contribution in [0.4, 0.5) is 0 Å². The number of hydrogen-bond acceptors (Lipinski definition) is 1. The van der Waals surface area contributed by atoms with E-state index in [1.54, 1.807) is 11.1 Å². The predicted molar refractivity (Wildman–Crippen MR) is 70.6 cm³/mol. The lowest BCUT2D eigenvalue weighted by Gasteiger charge is -2.20. The van der Waals surface area contributed by atoms with E-state index in [2.05, 4.69) is 27.7 Å². The van der Waals surface area contributed by atoms with Gasteiger partial charge in [0, 0.05) is 17.4 Å². The van der Waals surface area contributed by atoms with Crippen molar-refractivity contribution in [2.45, 2.75) is 71.1 Å². The van der Waals surface area contributed by atoms with Crippen LogP contribution in [0.2, 0.25) is 0 Å². The summed E-state index contributed by atoms with van der Waals surface area (Å²) in [4.78, 5) is 0. The molecule has 3 rings (SSSR count). The van der Waals surface area contributed by atoms with E-state index in [0.29, 0.717) is 0 Å². The first-order valence-corrected chi connectivity index (χ1v) is 7.17. The van der Waals surface area contributed by atoms with Crippen molar-refractivity contribution >= 4 is 0 Å². The molecule has 0 saturated heterocycles. The van der Waals surface area contributed by atoms with E-state index < -0.39 is 0 Å². The van der Waals surface area contributed by atoms with Crippen molar-refractivity contribution in [2.75, 3.05) is 0 Å². The zero-order chi connectivity index (χ0) is 12.2. The Hall–Kier alpha value is -0.720. The minimum absolute atomic E-state index is 0.162. The van der Waals surface area contributed by atoms with Crippen LogP contribution in [-0.2, 0) is 18.3 Å². The molecule has 2 aliphatic rings. The van der Waals surface area contributed by atoms with Crippen LogP contribution in [-0.4, -0.2) is 0 Å². The fraction of sp³-hybridized carbons (Fsp3) is 0.750. The summed E-state index contributed by atoms with van der Waals surface area (Å²) in [5.74, 6) is 4.32. The Balaban J connectivity index is 2.13. The number of aryl methyl sites for hydroxylation is 1. The maximum Gasteiger partial charge on any atom is 0.113 e. The first-order chi connectivity index (χ1) is 8.02. The number of rotatable bonds is 1. The third-order valence-corrected chi connectivity index (χ3v) is 4.63. The third-order valence-electron chi connectivity index (χ3n) is 4.63. The van der Waals surface area contributed by atoms with Gasteiger partial charge in [-0.1, -0.05) is 34.1 Å². The summed E-state index contributed by atoms with van der Waals surface area (Å²) in [6.45, 7) is 9.08. The molecule has 1 aromatic heterocycles. The molecule has 1 heterocycles. The Labute approximate surface area is 105 Å². The van der Waals surface area contributed by atoms with Crippen molar-refractivity contribution < 1.29 is 4.42 Å². The average Bonchev–Trinajstić information content (AvgIpc) is 2.83. The zero-order valence-corrected chi connectivity index (χ0v) is 11.6. The highest BCUT2D eigenvalue weighted by Crippen LogP contribution is 2.53. The van der Waals surface area contributed by atoms with Gasteiger partial charge in [-0.3, -0.25) is 0 Å². The SMILES string of the molecule is CCc1oc(C(C)(C)C)c2c1CC1CCCC21. The molecule has 1 aromatic rings. The van der Waals surface area contributed by atoms with Crippen molar-refractivity contribution in [3.63, 3.8) is 0 Å². The highest BCUT2D eigenvalue weighted by atomic mass is 16.3. The minimum Gasteiger partial charge on any atom is -0.465 e. The smallest absolute Gasteiger partial charge is 0.113 e. The van der Waals surface area contributed by atoms with Crippen molar-refractivity contribution in [3.05, 3.63) is 22.6 Å². The fourth-order valence-electron chi connectivity index (χ4n) is 3.91. The van der Waals surface area contributed by atoms with E-state index in [-0.39, 0.29) is 5.41 Å². The predicted octanol–water partition coefficient (Wildman–Crippen LogP) is 4.58. The van der Waals surface area contributed by atoms with Crippen LogP contribution >= 0.6 is 0 Å². The molecule has 17 heavy (non-hydrogen) atoms. The van der Waals surface area contributed by atoms with Crippen LogP contribution in [0.15, 0.2) is 4.42 Å². The zero-order valence-electron chi connectivity index (χ0n) is 11.6. The van der Waals surface area contributed by atoms with Gasteiger partial charge < -0.3 is 4.42 Å². The highest BCUT2D eigenvalue weighted by molar-refractivity contribution is 5.45. The van der Waals surface area contributed by atoms with Gasteiger partial charge in [0.1, 0.15) is 11.5 Å². The summed E-state index contributed by atoms with van der Waals surface area (Å²) >= 11 is 0. The molecule has 0 spiro atoms. The third kappa shape index (κ3) is 1.58. The summed E-state index contributed by atoms with van der Waals surface area (Å²) in [7, 11) is 0. The van der Waals surface area contributed by atoms with Gasteiger partial charge in [0.15, 0.2) is 0 Å². The molecular formula is C16H24O. The molecule has 0 aliphatic heterocycles. The van der Waals surface area contributed by atoms with Gasteiger partial charge >= 0.3 is 0 Å². The van der Waals surface area contributed by atoms with Crippen LogP contribution in [0.1, 0.15) is 75.5 Å². The standard InChI is InChI=1S/C16H24O/c1-5-13-12-9-10-7-6-8-11(10)14(12)15(17-13)16(2,3)4/h10-11H,5-9H2,1-4H3. The highest BCUT2D eigenvalue weighted by Gasteiger charge is 2.43. The second kappa shape index (κ2) is 3.63. The molecule has 0 amide bonds. The van der Waals surface area contributed by atoms with E-state index in [9.17, 15) is 0 Å². The molecule has 2 unspecified atom stereocenters. The van der Waals surface area contributed by atoms with Gasteiger partial charge in [0.25, 0.3) is 0 Å². The Morgan fingerprint density at radius 2 is 2.00 bits per heavy atom. The maximum atomic E-state index is 6.21. The lowest BCUT2D eigenvalue weighted by molar-refractivity contribution is 0.370. The molecule has 1 nitrogen and oxygen atoms in total. The quantitative estimate of drug-likeness (QED) is 0.690. The summed E-state index contributed by atoms with van der Waals surface area (Å²) in [6.07, 6.45) is 6.60.